The molecule has 5 rings (SSSR count). The Kier molecular flexibility index (Phi) is 6.68. The minimum absolute atomic E-state index is 0.0137. The van der Waals surface area contributed by atoms with Crippen LogP contribution in [0.15, 0.2) is 88.5 Å². The van der Waals surface area contributed by atoms with Crippen molar-refractivity contribution >= 4 is 22.7 Å². The Labute approximate surface area is 227 Å². The van der Waals surface area contributed by atoms with E-state index in [4.69, 9.17) is 13.9 Å². The van der Waals surface area contributed by atoms with Gasteiger partial charge in [-0.1, -0.05) is 60.2 Å². The Balaban J connectivity index is 1.60. The number of fused-ring (bicyclic) bond motifs is 1. The second-order valence-electron chi connectivity index (χ2n) is 10.7. The van der Waals surface area contributed by atoms with E-state index in [0.29, 0.717) is 28.0 Å². The maximum Gasteiger partial charge on any atom is 0.290 e. The molecule has 0 saturated carbocycles. The number of Topliss-reactive ketones (excluding diaryl/α,β-unsaturated/α-hetero) is 1. The van der Waals surface area contributed by atoms with Gasteiger partial charge in [-0.05, 0) is 51.5 Å². The van der Waals surface area contributed by atoms with Crippen molar-refractivity contribution in [3.8, 4) is 11.5 Å². The van der Waals surface area contributed by atoms with E-state index in [1.165, 1.54) is 12.0 Å². The summed E-state index contributed by atoms with van der Waals surface area (Å²) in [6.45, 7) is 7.92. The lowest BCUT2D eigenvalue weighted by molar-refractivity contribution is -0.130. The Morgan fingerprint density at radius 1 is 1.00 bits per heavy atom. The zero-order valence-electron chi connectivity index (χ0n) is 22.6. The van der Waals surface area contributed by atoms with Gasteiger partial charge in [-0.3, -0.25) is 9.59 Å². The molecular weight excluding hydrogens is 494 g/mol. The van der Waals surface area contributed by atoms with Gasteiger partial charge in [0, 0.05) is 10.9 Å². The van der Waals surface area contributed by atoms with Gasteiger partial charge in [-0.2, -0.15) is 0 Å². The quantitative estimate of drug-likeness (QED) is 0.270. The van der Waals surface area contributed by atoms with Gasteiger partial charge in [0.05, 0.1) is 25.3 Å². The largest absolute Gasteiger partial charge is 0.503 e. The first-order valence-electron chi connectivity index (χ1n) is 12.8. The number of nitrogens with zero attached hydrogens (tertiary/aromatic N) is 1. The average Bonchev–Trinajstić information content (AvgIpc) is 3.43. The molecule has 0 saturated heterocycles. The third-order valence-corrected chi connectivity index (χ3v) is 6.59. The molecule has 3 aromatic carbocycles. The zero-order chi connectivity index (χ0) is 27.9. The van der Waals surface area contributed by atoms with Gasteiger partial charge in [-0.15, -0.1) is 0 Å². The first kappa shape index (κ1) is 26.1. The van der Waals surface area contributed by atoms with E-state index in [0.717, 1.165) is 11.1 Å². The fourth-order valence-corrected chi connectivity index (χ4v) is 4.92. The maximum atomic E-state index is 13.9. The molecule has 0 bridgehead atoms. The van der Waals surface area contributed by atoms with Crippen molar-refractivity contribution in [2.75, 3.05) is 7.11 Å². The molecular formula is C32H31NO6. The Bertz CT molecular complexity index is 1610. The number of hydrogen-bond acceptors (Lipinski definition) is 6. The van der Waals surface area contributed by atoms with Gasteiger partial charge < -0.3 is 23.9 Å². The molecule has 0 spiro atoms. The summed E-state index contributed by atoms with van der Waals surface area (Å²) in [5.41, 5.74) is 2.36. The fraction of sp³-hybridized carbons (Fsp3) is 0.250. The van der Waals surface area contributed by atoms with Crippen molar-refractivity contribution in [2.24, 2.45) is 0 Å². The van der Waals surface area contributed by atoms with Crippen LogP contribution in [-0.4, -0.2) is 34.4 Å². The molecule has 0 fully saturated rings. The summed E-state index contributed by atoms with van der Waals surface area (Å²) in [5, 5.41) is 11.8. The normalized spacial score (nSPS) is 15.8. The molecule has 1 unspecified atom stereocenters. The van der Waals surface area contributed by atoms with Crippen molar-refractivity contribution in [3.05, 3.63) is 107 Å². The highest BCUT2D eigenvalue weighted by molar-refractivity contribution is 6.16. The number of ether oxygens (including phenoxy) is 2. The highest BCUT2D eigenvalue weighted by Crippen LogP contribution is 2.42. The highest BCUT2D eigenvalue weighted by atomic mass is 16.5. The van der Waals surface area contributed by atoms with Crippen LogP contribution in [0.25, 0.3) is 11.0 Å². The van der Waals surface area contributed by atoms with E-state index in [2.05, 4.69) is 0 Å². The van der Waals surface area contributed by atoms with Gasteiger partial charge in [0.1, 0.15) is 11.4 Å². The lowest BCUT2D eigenvalue weighted by Crippen LogP contribution is -2.31. The Hall–Kier alpha value is -4.52. The first-order chi connectivity index (χ1) is 18.6. The van der Waals surface area contributed by atoms with Crippen LogP contribution < -0.4 is 9.47 Å². The summed E-state index contributed by atoms with van der Waals surface area (Å²) in [5.74, 6) is -0.659. The predicted molar refractivity (Wildman–Crippen MR) is 148 cm³/mol. The summed E-state index contributed by atoms with van der Waals surface area (Å²) in [7, 11) is 1.52. The molecule has 0 aliphatic carbocycles. The van der Waals surface area contributed by atoms with Crippen molar-refractivity contribution in [3.63, 3.8) is 0 Å². The number of furan rings is 1. The number of methoxy groups -OCH3 is 1. The fourth-order valence-electron chi connectivity index (χ4n) is 4.92. The number of para-hydroxylation sites is 2. The van der Waals surface area contributed by atoms with Crippen LogP contribution in [0.3, 0.4) is 0 Å². The topological polar surface area (TPSA) is 89.2 Å². The zero-order valence-corrected chi connectivity index (χ0v) is 22.6. The molecule has 1 aromatic heterocycles. The van der Waals surface area contributed by atoms with Gasteiger partial charge in [0.25, 0.3) is 5.91 Å². The van der Waals surface area contributed by atoms with Crippen molar-refractivity contribution in [2.45, 2.75) is 45.9 Å². The first-order valence-corrected chi connectivity index (χ1v) is 12.8. The van der Waals surface area contributed by atoms with E-state index < -0.39 is 29.1 Å². The minimum Gasteiger partial charge on any atom is -0.503 e. The van der Waals surface area contributed by atoms with Gasteiger partial charge in [0.15, 0.2) is 22.9 Å². The molecule has 2 heterocycles. The van der Waals surface area contributed by atoms with Crippen LogP contribution in [0, 0.1) is 6.92 Å². The number of carbonyl (C=O) groups excluding carboxylic acids is 2. The molecule has 4 aromatic rings. The second kappa shape index (κ2) is 9.98. The molecule has 1 atom stereocenters. The smallest absolute Gasteiger partial charge is 0.290 e. The van der Waals surface area contributed by atoms with Gasteiger partial charge >= 0.3 is 0 Å². The molecule has 7 heteroatoms. The summed E-state index contributed by atoms with van der Waals surface area (Å²) in [4.78, 5) is 29.0. The number of aliphatic hydroxyl groups is 1. The average molecular weight is 526 g/mol. The van der Waals surface area contributed by atoms with Crippen LogP contribution in [-0.2, 0) is 11.3 Å². The van der Waals surface area contributed by atoms with E-state index in [1.807, 2.05) is 82.3 Å². The van der Waals surface area contributed by atoms with Crippen molar-refractivity contribution < 1.29 is 28.6 Å². The number of carbonyl (C=O) groups is 2. The second-order valence-corrected chi connectivity index (χ2v) is 10.7. The van der Waals surface area contributed by atoms with E-state index in [1.54, 1.807) is 18.2 Å². The number of ketones is 1. The Morgan fingerprint density at radius 2 is 1.72 bits per heavy atom. The summed E-state index contributed by atoms with van der Waals surface area (Å²) < 4.78 is 17.4. The molecule has 7 nitrogen and oxygen atoms in total. The lowest BCUT2D eigenvalue weighted by atomic mass is 9.94. The number of aryl methyl sites for hydroxylation is 1. The SMILES string of the molecule is COc1cccc2cc(C(=O)C3=C(O)C(=O)N(Cc4ccccc4OC(C)(C)C)C3c3cccc(C)c3)oc12. The van der Waals surface area contributed by atoms with Gasteiger partial charge in [-0.25, -0.2) is 0 Å². The van der Waals surface area contributed by atoms with Crippen LogP contribution in [0.4, 0.5) is 0 Å². The molecule has 39 heavy (non-hydrogen) atoms. The van der Waals surface area contributed by atoms with E-state index >= 15 is 0 Å². The Morgan fingerprint density at radius 3 is 2.44 bits per heavy atom. The number of amides is 1. The number of benzene rings is 3. The summed E-state index contributed by atoms with van der Waals surface area (Å²) in [6.07, 6.45) is 0. The molecule has 0 radical (unpaired) electrons. The van der Waals surface area contributed by atoms with Crippen LogP contribution in [0.2, 0.25) is 0 Å². The highest BCUT2D eigenvalue weighted by Gasteiger charge is 2.45. The summed E-state index contributed by atoms with van der Waals surface area (Å²) in [6, 6.07) is 21.2. The van der Waals surface area contributed by atoms with Crippen LogP contribution in [0.1, 0.15) is 54.1 Å². The molecule has 1 N–H and O–H groups in total. The standard InChI is InChI=1S/C32H31NO6/c1-19-10-8-12-20(16-19)27-26(28(34)25-17-21-13-9-15-24(37-5)30(21)38-25)29(35)31(36)33(27)18-22-11-6-7-14-23(22)39-32(2,3)4/h6-17,27,35H,18H2,1-5H3. The van der Waals surface area contributed by atoms with Gasteiger partial charge in [0.2, 0.25) is 5.78 Å². The predicted octanol–water partition coefficient (Wildman–Crippen LogP) is 6.71. The molecule has 200 valence electrons. The van der Waals surface area contributed by atoms with Crippen molar-refractivity contribution in [1.29, 1.82) is 0 Å². The number of hydrogen-bond donors (Lipinski definition) is 1. The monoisotopic (exact) mass is 525 g/mol. The molecule has 1 aliphatic rings. The third-order valence-electron chi connectivity index (χ3n) is 6.59. The van der Waals surface area contributed by atoms with Crippen LogP contribution in [0.5, 0.6) is 11.5 Å². The third kappa shape index (κ3) is 5.00. The number of rotatable bonds is 7. The van der Waals surface area contributed by atoms with E-state index in [-0.39, 0.29) is 17.9 Å². The van der Waals surface area contributed by atoms with Crippen molar-refractivity contribution in [1.82, 2.24) is 4.90 Å². The molecule has 1 amide bonds. The van der Waals surface area contributed by atoms with Crippen LogP contribution >= 0.6 is 0 Å². The molecule has 1 aliphatic heterocycles. The maximum absolute atomic E-state index is 13.9. The number of aliphatic hydroxyl groups excluding tert-OH is 1. The summed E-state index contributed by atoms with van der Waals surface area (Å²) >= 11 is 0. The van der Waals surface area contributed by atoms with E-state index in [9.17, 15) is 14.7 Å². The minimum atomic E-state index is -0.831. The lowest BCUT2D eigenvalue weighted by Gasteiger charge is -2.29.